The Hall–Kier alpha value is -2.04. The SMILES string of the molecule is Cc1ccccc1CNC(=O)CCC1CN(C)C(=O)O1. The Morgan fingerprint density at radius 2 is 2.20 bits per heavy atom. The van der Waals surface area contributed by atoms with Gasteiger partial charge < -0.3 is 15.0 Å². The minimum atomic E-state index is -0.310. The Morgan fingerprint density at radius 3 is 2.85 bits per heavy atom. The Balaban J connectivity index is 1.71. The zero-order valence-electron chi connectivity index (χ0n) is 11.9. The fourth-order valence-electron chi connectivity index (χ4n) is 2.18. The number of rotatable bonds is 5. The highest BCUT2D eigenvalue weighted by Gasteiger charge is 2.28. The Morgan fingerprint density at radius 1 is 1.45 bits per heavy atom. The maximum Gasteiger partial charge on any atom is 0.409 e. The molecule has 0 radical (unpaired) electrons. The molecule has 5 nitrogen and oxygen atoms in total. The van der Waals surface area contributed by atoms with E-state index in [2.05, 4.69) is 5.32 Å². The van der Waals surface area contributed by atoms with Crippen LogP contribution in [0.15, 0.2) is 24.3 Å². The van der Waals surface area contributed by atoms with Gasteiger partial charge in [-0.3, -0.25) is 4.79 Å². The van der Waals surface area contributed by atoms with Gasteiger partial charge in [0.2, 0.25) is 5.91 Å². The molecule has 2 amide bonds. The molecule has 108 valence electrons. The minimum absolute atomic E-state index is 0.0149. The van der Waals surface area contributed by atoms with Crippen molar-refractivity contribution in [2.24, 2.45) is 0 Å². The van der Waals surface area contributed by atoms with Crippen LogP contribution in [0.25, 0.3) is 0 Å². The molecule has 1 atom stereocenters. The third-order valence-electron chi connectivity index (χ3n) is 3.49. The predicted molar refractivity (Wildman–Crippen MR) is 75.2 cm³/mol. The van der Waals surface area contributed by atoms with Gasteiger partial charge in [0.25, 0.3) is 0 Å². The lowest BCUT2D eigenvalue weighted by atomic mass is 10.1. The van der Waals surface area contributed by atoms with Gasteiger partial charge >= 0.3 is 6.09 Å². The molecule has 1 unspecified atom stereocenters. The van der Waals surface area contributed by atoms with Crippen molar-refractivity contribution < 1.29 is 14.3 Å². The van der Waals surface area contributed by atoms with Crippen LogP contribution in [0.5, 0.6) is 0 Å². The van der Waals surface area contributed by atoms with E-state index in [1.54, 1.807) is 7.05 Å². The number of nitrogens with zero attached hydrogens (tertiary/aromatic N) is 1. The molecule has 0 bridgehead atoms. The van der Waals surface area contributed by atoms with E-state index in [0.717, 1.165) is 5.56 Å². The molecule has 2 rings (SSSR count). The normalized spacial score (nSPS) is 18.0. The van der Waals surface area contributed by atoms with E-state index in [1.165, 1.54) is 10.5 Å². The van der Waals surface area contributed by atoms with Crippen molar-refractivity contribution in [2.75, 3.05) is 13.6 Å². The molecule has 1 fully saturated rings. The fraction of sp³-hybridized carbons (Fsp3) is 0.467. The van der Waals surface area contributed by atoms with E-state index in [0.29, 0.717) is 25.9 Å². The van der Waals surface area contributed by atoms with Crippen molar-refractivity contribution in [3.8, 4) is 0 Å². The van der Waals surface area contributed by atoms with Gasteiger partial charge in [0.15, 0.2) is 0 Å². The molecule has 0 saturated carbocycles. The van der Waals surface area contributed by atoms with Gasteiger partial charge in [0.05, 0.1) is 6.54 Å². The molecule has 0 aromatic heterocycles. The third-order valence-corrected chi connectivity index (χ3v) is 3.49. The zero-order chi connectivity index (χ0) is 14.5. The van der Waals surface area contributed by atoms with Crippen LogP contribution in [0.2, 0.25) is 0 Å². The number of carbonyl (C=O) groups is 2. The van der Waals surface area contributed by atoms with E-state index in [1.807, 2.05) is 31.2 Å². The van der Waals surface area contributed by atoms with Crippen LogP contribution in [-0.2, 0) is 16.1 Å². The molecule has 20 heavy (non-hydrogen) atoms. The zero-order valence-corrected chi connectivity index (χ0v) is 11.9. The molecule has 1 aliphatic rings. The number of ether oxygens (including phenoxy) is 1. The highest BCUT2D eigenvalue weighted by Crippen LogP contribution is 2.13. The number of carbonyl (C=O) groups excluding carboxylic acids is 2. The average Bonchev–Trinajstić information content (AvgIpc) is 2.75. The molecule has 1 aromatic rings. The molecule has 1 heterocycles. The quantitative estimate of drug-likeness (QED) is 0.892. The van der Waals surface area contributed by atoms with E-state index in [4.69, 9.17) is 4.74 Å². The van der Waals surface area contributed by atoms with Crippen LogP contribution in [-0.4, -0.2) is 36.6 Å². The monoisotopic (exact) mass is 276 g/mol. The second-order valence-corrected chi connectivity index (χ2v) is 5.13. The van der Waals surface area contributed by atoms with Crippen molar-refractivity contribution in [3.05, 3.63) is 35.4 Å². The topological polar surface area (TPSA) is 58.6 Å². The maximum absolute atomic E-state index is 11.8. The van der Waals surface area contributed by atoms with E-state index >= 15 is 0 Å². The molecule has 0 aliphatic carbocycles. The average molecular weight is 276 g/mol. The third kappa shape index (κ3) is 3.73. The number of hydrogen-bond acceptors (Lipinski definition) is 3. The summed E-state index contributed by atoms with van der Waals surface area (Å²) in [6, 6.07) is 7.96. The van der Waals surface area contributed by atoms with Gasteiger partial charge in [0, 0.05) is 20.0 Å². The summed E-state index contributed by atoms with van der Waals surface area (Å²) in [6.45, 7) is 3.12. The Bertz CT molecular complexity index is 502. The van der Waals surface area contributed by atoms with Crippen molar-refractivity contribution in [3.63, 3.8) is 0 Å². The van der Waals surface area contributed by atoms with E-state index < -0.39 is 0 Å². The highest BCUT2D eigenvalue weighted by molar-refractivity contribution is 5.76. The standard InChI is InChI=1S/C15H20N2O3/c1-11-5-3-4-6-12(11)9-16-14(18)8-7-13-10-17(2)15(19)20-13/h3-6,13H,7-10H2,1-2H3,(H,16,18). The number of benzene rings is 1. The summed E-state index contributed by atoms with van der Waals surface area (Å²) in [5.41, 5.74) is 2.28. The number of amides is 2. The molecular weight excluding hydrogens is 256 g/mol. The summed E-state index contributed by atoms with van der Waals surface area (Å²) < 4.78 is 5.11. The molecule has 1 aliphatic heterocycles. The van der Waals surface area contributed by atoms with Gasteiger partial charge in [-0.15, -0.1) is 0 Å². The lowest BCUT2D eigenvalue weighted by molar-refractivity contribution is -0.121. The van der Waals surface area contributed by atoms with Gasteiger partial charge in [-0.1, -0.05) is 24.3 Å². The van der Waals surface area contributed by atoms with Gasteiger partial charge in [0.1, 0.15) is 6.10 Å². The Kier molecular flexibility index (Phi) is 4.61. The first-order chi connectivity index (χ1) is 9.56. The summed E-state index contributed by atoms with van der Waals surface area (Å²) >= 11 is 0. The lowest BCUT2D eigenvalue weighted by Gasteiger charge is -2.10. The smallest absolute Gasteiger partial charge is 0.409 e. The minimum Gasteiger partial charge on any atom is -0.444 e. The van der Waals surface area contributed by atoms with Crippen molar-refractivity contribution in [1.29, 1.82) is 0 Å². The number of likely N-dealkylation sites (N-methyl/N-ethyl adjacent to an activating group) is 1. The van der Waals surface area contributed by atoms with Gasteiger partial charge in [-0.05, 0) is 24.5 Å². The molecule has 1 N–H and O–H groups in total. The van der Waals surface area contributed by atoms with Gasteiger partial charge in [-0.25, -0.2) is 4.79 Å². The summed E-state index contributed by atoms with van der Waals surface area (Å²) in [4.78, 5) is 24.5. The summed E-state index contributed by atoms with van der Waals surface area (Å²) in [5.74, 6) is -0.0149. The van der Waals surface area contributed by atoms with E-state index in [-0.39, 0.29) is 18.1 Å². The number of hydrogen-bond donors (Lipinski definition) is 1. The van der Waals surface area contributed by atoms with Crippen LogP contribution in [0.1, 0.15) is 24.0 Å². The molecule has 1 aromatic carbocycles. The molecule has 5 heteroatoms. The lowest BCUT2D eigenvalue weighted by Crippen LogP contribution is -2.25. The number of cyclic esters (lactones) is 1. The van der Waals surface area contributed by atoms with Gasteiger partial charge in [-0.2, -0.15) is 0 Å². The second kappa shape index (κ2) is 6.41. The largest absolute Gasteiger partial charge is 0.444 e. The summed E-state index contributed by atoms with van der Waals surface area (Å²) in [6.07, 6.45) is 0.458. The maximum atomic E-state index is 11.8. The first-order valence-electron chi connectivity index (χ1n) is 6.79. The second-order valence-electron chi connectivity index (χ2n) is 5.13. The molecular formula is C15H20N2O3. The molecule has 0 spiro atoms. The van der Waals surface area contributed by atoms with Crippen molar-refractivity contribution in [1.82, 2.24) is 10.2 Å². The van der Waals surface area contributed by atoms with Crippen LogP contribution in [0, 0.1) is 6.92 Å². The van der Waals surface area contributed by atoms with Crippen LogP contribution in [0.4, 0.5) is 4.79 Å². The number of nitrogens with one attached hydrogen (secondary N) is 1. The predicted octanol–water partition coefficient (Wildman–Crippen LogP) is 1.84. The Labute approximate surface area is 118 Å². The molecule has 1 saturated heterocycles. The van der Waals surface area contributed by atoms with Crippen molar-refractivity contribution >= 4 is 12.0 Å². The fourth-order valence-corrected chi connectivity index (χ4v) is 2.18. The number of aryl methyl sites for hydroxylation is 1. The van der Waals surface area contributed by atoms with Crippen LogP contribution >= 0.6 is 0 Å². The van der Waals surface area contributed by atoms with E-state index in [9.17, 15) is 9.59 Å². The first kappa shape index (κ1) is 14.4. The van der Waals surface area contributed by atoms with Crippen LogP contribution < -0.4 is 5.32 Å². The van der Waals surface area contributed by atoms with Crippen LogP contribution in [0.3, 0.4) is 0 Å². The van der Waals surface area contributed by atoms with Crippen molar-refractivity contribution in [2.45, 2.75) is 32.4 Å². The highest BCUT2D eigenvalue weighted by atomic mass is 16.6. The first-order valence-corrected chi connectivity index (χ1v) is 6.79. The summed E-state index contributed by atoms with van der Waals surface area (Å²) in [5, 5.41) is 2.89. The summed E-state index contributed by atoms with van der Waals surface area (Å²) in [7, 11) is 1.70.